The van der Waals surface area contributed by atoms with Crippen LogP contribution in [0.25, 0.3) is 0 Å². The average molecular weight is 343 g/mol. The topological polar surface area (TPSA) is 75.3 Å². The molecule has 0 aliphatic heterocycles. The molecule has 8 heteroatoms. The molecule has 0 saturated carbocycles. The van der Waals surface area contributed by atoms with Crippen LogP contribution >= 0.6 is 11.6 Å². The van der Waals surface area contributed by atoms with Gasteiger partial charge in [-0.3, -0.25) is 4.79 Å². The Kier molecular flexibility index (Phi) is 4.80. The van der Waals surface area contributed by atoms with Crippen molar-refractivity contribution in [3.05, 3.63) is 58.9 Å². The molecule has 0 radical (unpaired) electrons. The fourth-order valence-electron chi connectivity index (χ4n) is 1.73. The normalized spacial score (nSPS) is 11.2. The van der Waals surface area contributed by atoms with E-state index in [0.29, 0.717) is 0 Å². The van der Waals surface area contributed by atoms with Gasteiger partial charge in [0.05, 0.1) is 15.5 Å². The van der Waals surface area contributed by atoms with E-state index in [1.165, 1.54) is 37.4 Å². The van der Waals surface area contributed by atoms with Gasteiger partial charge in [0.2, 0.25) is 10.0 Å². The fourth-order valence-corrected chi connectivity index (χ4v) is 2.69. The number of hydrogen-bond donors (Lipinski definition) is 2. The molecule has 2 aromatic rings. The number of nitrogens with one attached hydrogen (secondary N) is 2. The fraction of sp³-hybridized carbons (Fsp3) is 0.0714. The van der Waals surface area contributed by atoms with Crippen molar-refractivity contribution in [3.8, 4) is 0 Å². The van der Waals surface area contributed by atoms with Gasteiger partial charge in [0, 0.05) is 5.69 Å². The highest BCUT2D eigenvalue weighted by Crippen LogP contribution is 2.22. The van der Waals surface area contributed by atoms with Gasteiger partial charge in [-0.15, -0.1) is 0 Å². The standard InChI is InChI=1S/C14H12ClFN2O3S/c1-17-22(20,21)11-5-6-13(15)12(8-11)14(19)18-10-4-2-3-9(16)7-10/h2-8,17H,1H3,(H,18,19). The van der Waals surface area contributed by atoms with Crippen LogP contribution in [0.3, 0.4) is 0 Å². The van der Waals surface area contributed by atoms with Crippen LogP contribution in [0.2, 0.25) is 5.02 Å². The zero-order valence-corrected chi connectivity index (χ0v) is 13.0. The number of carbonyl (C=O) groups is 1. The van der Waals surface area contributed by atoms with Crippen LogP contribution in [0.5, 0.6) is 0 Å². The first-order chi connectivity index (χ1) is 10.3. The summed E-state index contributed by atoms with van der Waals surface area (Å²) >= 11 is 5.93. The summed E-state index contributed by atoms with van der Waals surface area (Å²) < 4.78 is 38.8. The zero-order valence-electron chi connectivity index (χ0n) is 11.4. The van der Waals surface area contributed by atoms with Gasteiger partial charge in [-0.1, -0.05) is 17.7 Å². The number of carbonyl (C=O) groups excluding carboxylic acids is 1. The molecule has 0 aliphatic rings. The van der Waals surface area contributed by atoms with Crippen LogP contribution in [0.1, 0.15) is 10.4 Å². The molecule has 0 heterocycles. The van der Waals surface area contributed by atoms with E-state index in [2.05, 4.69) is 10.0 Å². The molecule has 0 atom stereocenters. The van der Waals surface area contributed by atoms with Crippen molar-refractivity contribution in [2.75, 3.05) is 12.4 Å². The van der Waals surface area contributed by atoms with Gasteiger partial charge in [-0.05, 0) is 43.4 Å². The monoisotopic (exact) mass is 342 g/mol. The summed E-state index contributed by atoms with van der Waals surface area (Å²) in [7, 11) is -2.44. The van der Waals surface area contributed by atoms with E-state index in [1.807, 2.05) is 0 Å². The first-order valence-electron chi connectivity index (χ1n) is 6.13. The van der Waals surface area contributed by atoms with Crippen molar-refractivity contribution >= 4 is 33.2 Å². The summed E-state index contributed by atoms with van der Waals surface area (Å²) in [6.45, 7) is 0. The number of hydrogen-bond acceptors (Lipinski definition) is 3. The van der Waals surface area contributed by atoms with E-state index >= 15 is 0 Å². The number of benzene rings is 2. The summed E-state index contributed by atoms with van der Waals surface area (Å²) in [6, 6.07) is 9.07. The molecule has 22 heavy (non-hydrogen) atoms. The lowest BCUT2D eigenvalue weighted by Gasteiger charge is -2.09. The highest BCUT2D eigenvalue weighted by Gasteiger charge is 2.17. The molecule has 0 unspecified atom stereocenters. The highest BCUT2D eigenvalue weighted by molar-refractivity contribution is 7.89. The Morgan fingerprint density at radius 1 is 1.18 bits per heavy atom. The van der Waals surface area contributed by atoms with Crippen LogP contribution in [0, 0.1) is 5.82 Å². The Morgan fingerprint density at radius 3 is 2.55 bits per heavy atom. The molecule has 1 amide bonds. The molecule has 0 bridgehead atoms. The largest absolute Gasteiger partial charge is 0.322 e. The van der Waals surface area contributed by atoms with Crippen molar-refractivity contribution in [3.63, 3.8) is 0 Å². The molecular weight excluding hydrogens is 331 g/mol. The maximum absolute atomic E-state index is 13.1. The first kappa shape index (κ1) is 16.4. The van der Waals surface area contributed by atoms with Crippen molar-refractivity contribution in [1.82, 2.24) is 4.72 Å². The number of sulfonamides is 1. The van der Waals surface area contributed by atoms with Crippen molar-refractivity contribution in [2.24, 2.45) is 0 Å². The molecule has 0 aromatic heterocycles. The third kappa shape index (κ3) is 3.62. The third-order valence-corrected chi connectivity index (χ3v) is 4.59. The highest BCUT2D eigenvalue weighted by atomic mass is 35.5. The molecular formula is C14H12ClFN2O3S. The smallest absolute Gasteiger partial charge is 0.257 e. The lowest BCUT2D eigenvalue weighted by atomic mass is 10.2. The molecule has 0 spiro atoms. The minimum Gasteiger partial charge on any atom is -0.322 e. The Morgan fingerprint density at radius 2 is 1.91 bits per heavy atom. The second-order valence-corrected chi connectivity index (χ2v) is 6.61. The van der Waals surface area contributed by atoms with E-state index in [1.54, 1.807) is 0 Å². The Balaban J connectivity index is 2.35. The number of halogens is 2. The van der Waals surface area contributed by atoms with Gasteiger partial charge in [-0.25, -0.2) is 17.5 Å². The summed E-state index contributed by atoms with van der Waals surface area (Å²) in [5.41, 5.74) is 0.213. The molecule has 0 fully saturated rings. The van der Waals surface area contributed by atoms with E-state index in [4.69, 9.17) is 11.6 Å². The molecule has 116 valence electrons. The second kappa shape index (κ2) is 6.43. The third-order valence-electron chi connectivity index (χ3n) is 2.84. The minimum atomic E-state index is -3.70. The van der Waals surface area contributed by atoms with E-state index in [0.717, 1.165) is 12.1 Å². The first-order valence-corrected chi connectivity index (χ1v) is 7.99. The summed E-state index contributed by atoms with van der Waals surface area (Å²) in [4.78, 5) is 12.1. The SMILES string of the molecule is CNS(=O)(=O)c1ccc(Cl)c(C(=O)Nc2cccc(F)c2)c1. The van der Waals surface area contributed by atoms with Gasteiger partial charge in [0.1, 0.15) is 5.82 Å². The van der Waals surface area contributed by atoms with Crippen LogP contribution in [0.15, 0.2) is 47.4 Å². The summed E-state index contributed by atoms with van der Waals surface area (Å²) in [5.74, 6) is -1.14. The number of anilines is 1. The minimum absolute atomic E-state index is 0.0257. The quantitative estimate of drug-likeness (QED) is 0.897. The number of rotatable bonds is 4. The molecule has 0 aliphatic carbocycles. The van der Waals surface area contributed by atoms with Crippen molar-refractivity contribution in [2.45, 2.75) is 4.90 Å². The maximum Gasteiger partial charge on any atom is 0.257 e. The van der Waals surface area contributed by atoms with E-state index in [9.17, 15) is 17.6 Å². The Hall–Kier alpha value is -1.96. The predicted octanol–water partition coefficient (Wildman–Crippen LogP) is 2.64. The van der Waals surface area contributed by atoms with E-state index < -0.39 is 21.7 Å². The zero-order chi connectivity index (χ0) is 16.3. The van der Waals surface area contributed by atoms with Gasteiger partial charge in [0.25, 0.3) is 5.91 Å². The van der Waals surface area contributed by atoms with Crippen molar-refractivity contribution < 1.29 is 17.6 Å². The molecule has 5 nitrogen and oxygen atoms in total. The van der Waals surface area contributed by atoms with Crippen LogP contribution in [-0.2, 0) is 10.0 Å². The molecule has 2 N–H and O–H groups in total. The van der Waals surface area contributed by atoms with Gasteiger partial charge < -0.3 is 5.32 Å². The molecule has 2 aromatic carbocycles. The summed E-state index contributed by atoms with van der Waals surface area (Å²) in [6.07, 6.45) is 0. The Labute approximate surface area is 132 Å². The maximum atomic E-state index is 13.1. The average Bonchev–Trinajstić information content (AvgIpc) is 2.47. The van der Waals surface area contributed by atoms with Crippen LogP contribution in [0.4, 0.5) is 10.1 Å². The van der Waals surface area contributed by atoms with Crippen LogP contribution < -0.4 is 10.0 Å². The van der Waals surface area contributed by atoms with Crippen LogP contribution in [-0.4, -0.2) is 21.4 Å². The molecule has 2 rings (SSSR count). The Bertz CT molecular complexity index is 825. The van der Waals surface area contributed by atoms with Crippen molar-refractivity contribution in [1.29, 1.82) is 0 Å². The van der Waals surface area contributed by atoms with Gasteiger partial charge >= 0.3 is 0 Å². The lowest BCUT2D eigenvalue weighted by Crippen LogP contribution is -2.20. The predicted molar refractivity (Wildman–Crippen MR) is 82.1 cm³/mol. The lowest BCUT2D eigenvalue weighted by molar-refractivity contribution is 0.102. The van der Waals surface area contributed by atoms with Gasteiger partial charge in [0.15, 0.2) is 0 Å². The van der Waals surface area contributed by atoms with Gasteiger partial charge in [-0.2, -0.15) is 0 Å². The second-order valence-electron chi connectivity index (χ2n) is 4.31. The van der Waals surface area contributed by atoms with E-state index in [-0.39, 0.29) is 21.2 Å². The molecule has 0 saturated heterocycles. The number of amides is 1. The summed E-state index contributed by atoms with van der Waals surface area (Å²) in [5, 5.41) is 2.54.